The number of halogens is 1. The van der Waals surface area contributed by atoms with E-state index in [0.717, 1.165) is 5.56 Å². The van der Waals surface area contributed by atoms with Crippen LogP contribution in [-0.2, 0) is 9.53 Å². The Morgan fingerprint density at radius 3 is 3.08 bits per heavy atom. The van der Waals surface area contributed by atoms with Gasteiger partial charge in [-0.2, -0.15) is 5.26 Å². The summed E-state index contributed by atoms with van der Waals surface area (Å²) in [5.41, 5.74) is 1.47. The molecule has 1 atom stereocenters. The molecule has 0 aliphatic carbocycles. The number of carbonyl (C=O) groups excluding carboxylic acids is 1. The van der Waals surface area contributed by atoms with Crippen LogP contribution in [0.5, 0.6) is 0 Å². The van der Waals surface area contributed by atoms with Crippen molar-refractivity contribution in [3.8, 4) is 17.5 Å². The van der Waals surface area contributed by atoms with Gasteiger partial charge in [0.05, 0.1) is 25.4 Å². The van der Waals surface area contributed by atoms with Gasteiger partial charge in [-0.15, -0.1) is 0 Å². The van der Waals surface area contributed by atoms with E-state index >= 15 is 0 Å². The van der Waals surface area contributed by atoms with Crippen molar-refractivity contribution in [1.29, 1.82) is 5.26 Å². The van der Waals surface area contributed by atoms with Crippen molar-refractivity contribution >= 4 is 23.3 Å². The summed E-state index contributed by atoms with van der Waals surface area (Å²) >= 11 is 5.99. The Morgan fingerprint density at radius 2 is 2.29 bits per heavy atom. The molecule has 24 heavy (non-hydrogen) atoms. The summed E-state index contributed by atoms with van der Waals surface area (Å²) in [4.78, 5) is 22.0. The Kier molecular flexibility index (Phi) is 4.89. The van der Waals surface area contributed by atoms with E-state index in [0.29, 0.717) is 29.7 Å². The van der Waals surface area contributed by atoms with Gasteiger partial charge in [0, 0.05) is 16.7 Å². The first-order chi connectivity index (χ1) is 11.7. The number of nitriles is 1. The van der Waals surface area contributed by atoms with Gasteiger partial charge in [0.25, 0.3) is 5.91 Å². The number of carbonyl (C=O) groups is 1. The Hall–Kier alpha value is -2.69. The van der Waals surface area contributed by atoms with Gasteiger partial charge in [-0.25, -0.2) is 9.97 Å². The van der Waals surface area contributed by atoms with E-state index in [1.165, 1.54) is 11.2 Å². The minimum absolute atomic E-state index is 0.231. The van der Waals surface area contributed by atoms with E-state index in [1.54, 1.807) is 18.2 Å². The average Bonchev–Trinajstić information content (AvgIpc) is 2.62. The molecule has 1 aromatic carbocycles. The Bertz CT molecular complexity index is 792. The molecule has 1 amide bonds. The number of morpholine rings is 1. The predicted octanol–water partition coefficient (Wildman–Crippen LogP) is 1.92. The molecular weight excluding hydrogens is 330 g/mol. The number of amides is 1. The van der Waals surface area contributed by atoms with Crippen LogP contribution in [0.25, 0.3) is 11.3 Å². The molecule has 1 aliphatic heterocycles. The lowest BCUT2D eigenvalue weighted by molar-refractivity contribution is -0.131. The normalized spacial score (nSPS) is 17.2. The molecule has 1 saturated heterocycles. The second kappa shape index (κ2) is 7.25. The van der Waals surface area contributed by atoms with E-state index in [9.17, 15) is 4.79 Å². The zero-order valence-corrected chi connectivity index (χ0v) is 13.4. The van der Waals surface area contributed by atoms with E-state index in [2.05, 4.69) is 15.3 Å². The van der Waals surface area contributed by atoms with Gasteiger partial charge in [-0.05, 0) is 12.1 Å². The topological polar surface area (TPSA) is 91.1 Å². The summed E-state index contributed by atoms with van der Waals surface area (Å²) in [6, 6.07) is 8.91. The fourth-order valence-electron chi connectivity index (χ4n) is 2.34. The van der Waals surface area contributed by atoms with Crippen LogP contribution in [0, 0.1) is 11.5 Å². The van der Waals surface area contributed by atoms with Crippen molar-refractivity contribution in [2.45, 2.75) is 6.10 Å². The fraction of sp³-hybridized carbons (Fsp3) is 0.250. The number of nitrogens with zero attached hydrogens (tertiary/aromatic N) is 4. The highest BCUT2D eigenvalue weighted by Crippen LogP contribution is 2.22. The Labute approximate surface area is 143 Å². The molecule has 2 heterocycles. The molecular formula is C16H14ClN5O2. The zero-order valence-electron chi connectivity index (χ0n) is 12.6. The molecule has 8 heteroatoms. The van der Waals surface area contributed by atoms with Gasteiger partial charge in [-0.3, -0.25) is 4.79 Å². The van der Waals surface area contributed by atoms with Crippen LogP contribution >= 0.6 is 11.6 Å². The predicted molar refractivity (Wildman–Crippen MR) is 88.0 cm³/mol. The summed E-state index contributed by atoms with van der Waals surface area (Å²) in [5.74, 6) is 0.0216. The van der Waals surface area contributed by atoms with Gasteiger partial charge >= 0.3 is 0 Å². The highest BCUT2D eigenvalue weighted by atomic mass is 35.5. The average molecular weight is 344 g/mol. The van der Waals surface area contributed by atoms with Crippen molar-refractivity contribution in [1.82, 2.24) is 14.9 Å². The lowest BCUT2D eigenvalue weighted by Gasteiger charge is -2.28. The number of nitrogens with one attached hydrogen (secondary N) is 1. The highest BCUT2D eigenvalue weighted by Gasteiger charge is 2.26. The lowest BCUT2D eigenvalue weighted by Crippen LogP contribution is -2.46. The molecule has 0 radical (unpaired) electrons. The minimum Gasteiger partial charge on any atom is -0.365 e. The van der Waals surface area contributed by atoms with Crippen molar-refractivity contribution in [2.75, 3.05) is 25.0 Å². The van der Waals surface area contributed by atoms with Gasteiger partial charge in [0.1, 0.15) is 12.1 Å². The first-order valence-electron chi connectivity index (χ1n) is 7.31. The van der Waals surface area contributed by atoms with Crippen LogP contribution in [0.3, 0.4) is 0 Å². The third-order valence-electron chi connectivity index (χ3n) is 3.54. The van der Waals surface area contributed by atoms with Crippen LogP contribution in [-0.4, -0.2) is 46.6 Å². The molecule has 1 aromatic heterocycles. The largest absolute Gasteiger partial charge is 0.365 e. The number of benzene rings is 1. The molecule has 1 fully saturated rings. The molecule has 122 valence electrons. The number of anilines is 1. The summed E-state index contributed by atoms with van der Waals surface area (Å²) in [5, 5.41) is 12.2. The maximum absolute atomic E-state index is 12.3. The number of ether oxygens (including phenoxy) is 1. The quantitative estimate of drug-likeness (QED) is 0.856. The first-order valence-corrected chi connectivity index (χ1v) is 7.68. The molecule has 3 rings (SSSR count). The molecule has 1 aliphatic rings. The molecule has 0 spiro atoms. The molecule has 0 saturated carbocycles. The maximum Gasteiger partial charge on any atom is 0.256 e. The highest BCUT2D eigenvalue weighted by molar-refractivity contribution is 6.30. The SMILES string of the molecule is N#CN1CCOC(C(=O)Nc2cc(-c3cccc(Cl)c3)ncn2)C1. The van der Waals surface area contributed by atoms with Crippen molar-refractivity contribution in [3.63, 3.8) is 0 Å². The van der Waals surface area contributed by atoms with Crippen LogP contribution < -0.4 is 5.32 Å². The summed E-state index contributed by atoms with van der Waals surface area (Å²) < 4.78 is 5.41. The van der Waals surface area contributed by atoms with E-state index < -0.39 is 6.10 Å². The summed E-state index contributed by atoms with van der Waals surface area (Å²) in [6.45, 7) is 1.06. The van der Waals surface area contributed by atoms with Gasteiger partial charge in [0.2, 0.25) is 0 Å². The second-order valence-electron chi connectivity index (χ2n) is 5.19. The summed E-state index contributed by atoms with van der Waals surface area (Å²) in [7, 11) is 0. The van der Waals surface area contributed by atoms with Crippen LogP contribution in [0.4, 0.5) is 5.82 Å². The monoisotopic (exact) mass is 343 g/mol. The van der Waals surface area contributed by atoms with Crippen molar-refractivity contribution < 1.29 is 9.53 Å². The standard InChI is InChI=1S/C16H14ClN5O2/c17-12-3-1-2-11(6-12)13-7-15(20-10-19-13)21-16(23)14-8-22(9-18)4-5-24-14/h1-3,6-7,10,14H,4-5,8H2,(H,19,20,21,23). The minimum atomic E-state index is -0.706. The smallest absolute Gasteiger partial charge is 0.256 e. The molecule has 0 bridgehead atoms. The second-order valence-corrected chi connectivity index (χ2v) is 5.63. The number of aromatic nitrogens is 2. The van der Waals surface area contributed by atoms with Crippen molar-refractivity contribution in [2.24, 2.45) is 0 Å². The third kappa shape index (κ3) is 3.79. The van der Waals surface area contributed by atoms with Crippen molar-refractivity contribution in [3.05, 3.63) is 41.7 Å². The fourth-order valence-corrected chi connectivity index (χ4v) is 2.53. The molecule has 1 N–H and O–H groups in total. The van der Waals surface area contributed by atoms with Crippen LogP contribution in [0.1, 0.15) is 0 Å². The third-order valence-corrected chi connectivity index (χ3v) is 3.77. The first kappa shape index (κ1) is 16.2. The van der Waals surface area contributed by atoms with E-state index in [4.69, 9.17) is 21.6 Å². The van der Waals surface area contributed by atoms with Gasteiger partial charge in [0.15, 0.2) is 12.3 Å². The van der Waals surface area contributed by atoms with Crippen LogP contribution in [0.2, 0.25) is 5.02 Å². The molecule has 1 unspecified atom stereocenters. The lowest BCUT2D eigenvalue weighted by atomic mass is 10.1. The maximum atomic E-state index is 12.3. The van der Waals surface area contributed by atoms with Crippen LogP contribution in [0.15, 0.2) is 36.7 Å². The van der Waals surface area contributed by atoms with E-state index in [-0.39, 0.29) is 12.5 Å². The number of hydrogen-bond acceptors (Lipinski definition) is 6. The Balaban J connectivity index is 1.73. The van der Waals surface area contributed by atoms with Gasteiger partial charge in [-0.1, -0.05) is 23.7 Å². The van der Waals surface area contributed by atoms with E-state index in [1.807, 2.05) is 18.3 Å². The van der Waals surface area contributed by atoms with Gasteiger partial charge < -0.3 is 15.0 Å². The Morgan fingerprint density at radius 1 is 1.42 bits per heavy atom. The molecule has 7 nitrogen and oxygen atoms in total. The summed E-state index contributed by atoms with van der Waals surface area (Å²) in [6.07, 6.45) is 2.69. The zero-order chi connectivity index (χ0) is 16.9. The molecule has 2 aromatic rings. The number of rotatable bonds is 3. The number of hydrogen-bond donors (Lipinski definition) is 1.